The van der Waals surface area contributed by atoms with E-state index in [1.165, 1.54) is 24.7 Å². The Morgan fingerprint density at radius 3 is 1.67 bits per heavy atom. The van der Waals surface area contributed by atoms with Crippen molar-refractivity contribution < 1.29 is 47.8 Å². The van der Waals surface area contributed by atoms with Gasteiger partial charge in [0, 0.05) is 104 Å². The fraction of sp³-hybridized carbons (Fsp3) is 0.300. The number of carbonyl (C=O) groups excluding carboxylic acids is 7. The molecule has 0 bridgehead atoms. The van der Waals surface area contributed by atoms with Crippen LogP contribution in [0.5, 0.6) is 11.5 Å². The second-order valence-electron chi connectivity index (χ2n) is 20.8. The number of carbonyl (C=O) groups is 7. The van der Waals surface area contributed by atoms with Gasteiger partial charge in [0.15, 0.2) is 5.82 Å². The summed E-state index contributed by atoms with van der Waals surface area (Å²) in [6, 6.07) is 33.7. The zero-order valence-corrected chi connectivity index (χ0v) is 46.8. The van der Waals surface area contributed by atoms with E-state index in [9.17, 15) is 33.6 Å². The highest BCUT2D eigenvalue weighted by molar-refractivity contribution is 6.20. The molecule has 81 heavy (non-hydrogen) atoms. The molecular weight excluding hydrogens is 1080 g/mol. The third kappa shape index (κ3) is 13.5. The van der Waals surface area contributed by atoms with Gasteiger partial charge in [-0.25, -0.2) is 9.78 Å². The monoisotopic (exact) mass is 1140 g/mol. The molecule has 0 fully saturated rings. The molecule has 2 unspecified atom stereocenters. The smallest absolute Gasteiger partial charge is 0.414 e. The maximum absolute atomic E-state index is 13.9. The molecule has 420 valence electrons. The predicted octanol–water partition coefficient (Wildman–Crippen LogP) is 9.49. The summed E-state index contributed by atoms with van der Waals surface area (Å²) in [6.07, 6.45) is 0.510. The topological polar surface area (TPSA) is 232 Å². The van der Waals surface area contributed by atoms with Gasteiger partial charge >= 0.3 is 6.09 Å². The van der Waals surface area contributed by atoms with Gasteiger partial charge in [-0.1, -0.05) is 72.8 Å². The zero-order valence-electron chi connectivity index (χ0n) is 45.3. The van der Waals surface area contributed by atoms with E-state index in [0.717, 1.165) is 38.4 Å². The van der Waals surface area contributed by atoms with Crippen LogP contribution in [0.3, 0.4) is 0 Å². The number of nitrogens with zero attached hydrogens (tertiary/aromatic N) is 4. The van der Waals surface area contributed by atoms with Crippen molar-refractivity contribution in [2.45, 2.75) is 71.2 Å². The van der Waals surface area contributed by atoms with Crippen LogP contribution in [0.25, 0.3) is 21.5 Å². The van der Waals surface area contributed by atoms with Gasteiger partial charge in [0.25, 0.3) is 5.91 Å². The Morgan fingerprint density at radius 1 is 0.617 bits per heavy atom. The van der Waals surface area contributed by atoms with Crippen molar-refractivity contribution in [3.8, 4) is 11.5 Å². The van der Waals surface area contributed by atoms with Gasteiger partial charge in [-0.2, -0.15) is 0 Å². The number of rotatable bonds is 19. The van der Waals surface area contributed by atoms with Crippen molar-refractivity contribution in [3.63, 3.8) is 0 Å². The summed E-state index contributed by atoms with van der Waals surface area (Å²) in [5.74, 6) is -2.08. The first-order chi connectivity index (χ1) is 38.9. The van der Waals surface area contributed by atoms with Crippen LogP contribution in [-0.4, -0.2) is 94.6 Å². The van der Waals surface area contributed by atoms with Crippen LogP contribution in [0.1, 0.15) is 85.2 Å². The molecule has 3 heterocycles. The minimum atomic E-state index is -0.722. The number of hydrogen-bond acceptors (Lipinski definition) is 11. The molecule has 9 rings (SSSR count). The number of fused-ring (bicyclic) bond motifs is 6. The molecule has 6 aromatic carbocycles. The molecule has 7 amide bonds. The van der Waals surface area contributed by atoms with Gasteiger partial charge in [-0.3, -0.25) is 33.7 Å². The van der Waals surface area contributed by atoms with Crippen LogP contribution in [-0.2, 0) is 49.0 Å². The summed E-state index contributed by atoms with van der Waals surface area (Å²) in [5.41, 5.74) is 5.08. The number of alkyl halides is 2. The molecule has 1 aromatic heterocycles. The zero-order chi connectivity index (χ0) is 57.5. The van der Waals surface area contributed by atoms with Crippen molar-refractivity contribution in [2.24, 2.45) is 7.05 Å². The molecule has 0 saturated carbocycles. The summed E-state index contributed by atoms with van der Waals surface area (Å²) in [5, 5.41) is 16.4. The average molecular weight is 1140 g/mol. The van der Waals surface area contributed by atoms with Crippen LogP contribution in [0, 0.1) is 0 Å². The van der Waals surface area contributed by atoms with E-state index in [4.69, 9.17) is 37.4 Å². The Bertz CT molecular complexity index is 3570. The lowest BCUT2D eigenvalue weighted by Gasteiger charge is -2.25. The molecule has 0 aliphatic carbocycles. The number of aromatic nitrogens is 2. The molecular formula is C60H61Cl2N9O10. The molecule has 0 spiro atoms. The van der Waals surface area contributed by atoms with Crippen LogP contribution in [0.15, 0.2) is 115 Å². The predicted molar refractivity (Wildman–Crippen MR) is 312 cm³/mol. The quantitative estimate of drug-likeness (QED) is 0.0479. The van der Waals surface area contributed by atoms with Gasteiger partial charge in [0.05, 0.1) is 24.5 Å². The highest BCUT2D eigenvalue weighted by atomic mass is 35.5. The molecule has 0 saturated heterocycles. The minimum Gasteiger partial charge on any atom is -0.488 e. The van der Waals surface area contributed by atoms with Gasteiger partial charge < -0.3 is 50.3 Å². The standard InChI is InChI=1S/C60H61Cl2N9O10/c1-35(72)65-40-16-18-42-44(22-40)48(79-33-36-12-8-6-9-13-36)24-46-55(42)38(26-61)30-70(46)54(76)29-63-53(75)28-64-58(77)57-68-50(32-69(57)5)67-52(74)21-20-51(73)66-41-17-19-43-45(23-41)49(80-34-37-14-10-7-11-15-37)25-47-56(43)39(27-62)31-71(47)59(78)81-60(2,3)4/h6-19,22-25,32,38-39H,20-21,26-31,33-34H2,1-5H3,(H,63,75)(H,64,77)(H,65,72)(H,66,73)(H,67,74). The first-order valence-corrected chi connectivity index (χ1v) is 27.4. The third-order valence-electron chi connectivity index (χ3n) is 13.6. The minimum absolute atomic E-state index is 0.0457. The van der Waals surface area contributed by atoms with Crippen molar-refractivity contribution in [1.29, 1.82) is 0 Å². The number of ether oxygens (including phenoxy) is 3. The van der Waals surface area contributed by atoms with E-state index in [0.29, 0.717) is 46.2 Å². The van der Waals surface area contributed by atoms with E-state index < -0.39 is 47.8 Å². The summed E-state index contributed by atoms with van der Waals surface area (Å²) in [6.45, 7) is 7.01. The second-order valence-corrected chi connectivity index (χ2v) is 21.4. The Labute approximate surface area is 477 Å². The largest absolute Gasteiger partial charge is 0.488 e. The highest BCUT2D eigenvalue weighted by Crippen LogP contribution is 2.48. The number of benzene rings is 6. The first kappa shape index (κ1) is 57.0. The van der Waals surface area contributed by atoms with Gasteiger partial charge in [-0.15, -0.1) is 23.2 Å². The number of anilines is 5. The Balaban J connectivity index is 0.790. The van der Waals surface area contributed by atoms with E-state index in [1.54, 1.807) is 54.8 Å². The normalized spacial score (nSPS) is 14.5. The number of hydrogen-bond donors (Lipinski definition) is 5. The van der Waals surface area contributed by atoms with Crippen LogP contribution in [0.4, 0.5) is 33.4 Å². The fourth-order valence-corrected chi connectivity index (χ4v) is 10.4. The molecule has 21 heteroatoms. The van der Waals surface area contributed by atoms with Crippen molar-refractivity contribution in [2.75, 3.05) is 63.7 Å². The van der Waals surface area contributed by atoms with Crippen molar-refractivity contribution in [1.82, 2.24) is 20.2 Å². The van der Waals surface area contributed by atoms with E-state index in [2.05, 4.69) is 31.6 Å². The fourth-order valence-electron chi connectivity index (χ4n) is 9.94. The average Bonchev–Trinajstić information content (AvgIpc) is 4.31. The molecule has 7 aromatic rings. The number of aryl methyl sites for hydroxylation is 1. The van der Waals surface area contributed by atoms with Crippen LogP contribution in [0.2, 0.25) is 0 Å². The van der Waals surface area contributed by atoms with Crippen molar-refractivity contribution >= 4 is 115 Å². The summed E-state index contributed by atoms with van der Waals surface area (Å²) in [7, 11) is 1.54. The maximum atomic E-state index is 13.9. The molecule has 2 aliphatic heterocycles. The number of imidazole rings is 1. The number of amides is 7. The molecule has 2 atom stereocenters. The second kappa shape index (κ2) is 24.8. The SMILES string of the molecule is CC(=O)Nc1ccc2c3c(cc(OCc4ccccc4)c2c1)N(C(=O)CNC(=O)CNC(=O)c1nc(NC(=O)CCC(=O)Nc2ccc4c5c(cc(OCc6ccccc6)c4c2)N(C(=O)OC(C)(C)C)CC5CCl)cn1C)CC3CCl. The van der Waals surface area contributed by atoms with E-state index >= 15 is 0 Å². The lowest BCUT2D eigenvalue weighted by atomic mass is 9.95. The molecule has 5 N–H and O–H groups in total. The van der Waals surface area contributed by atoms with Gasteiger partial charge in [0.2, 0.25) is 35.4 Å². The summed E-state index contributed by atoms with van der Waals surface area (Å²) >= 11 is 13.0. The highest BCUT2D eigenvalue weighted by Gasteiger charge is 2.38. The maximum Gasteiger partial charge on any atom is 0.414 e. The lowest BCUT2D eigenvalue weighted by Crippen LogP contribution is -2.43. The number of halogens is 2. The lowest BCUT2D eigenvalue weighted by molar-refractivity contribution is -0.124. The third-order valence-corrected chi connectivity index (χ3v) is 14.3. The first-order valence-electron chi connectivity index (χ1n) is 26.3. The Morgan fingerprint density at radius 2 is 1.14 bits per heavy atom. The van der Waals surface area contributed by atoms with E-state index in [1.807, 2.05) is 84.9 Å². The Kier molecular flexibility index (Phi) is 17.4. The van der Waals surface area contributed by atoms with Crippen molar-refractivity contribution in [3.05, 3.63) is 143 Å². The molecule has 19 nitrogen and oxygen atoms in total. The number of nitrogens with one attached hydrogen (secondary N) is 5. The van der Waals surface area contributed by atoms with Crippen LogP contribution < -0.4 is 45.9 Å². The van der Waals surface area contributed by atoms with Gasteiger partial charge in [0.1, 0.15) is 30.3 Å². The molecule has 0 radical (unpaired) electrons. The Hall–Kier alpha value is -8.68. The van der Waals surface area contributed by atoms with Gasteiger partial charge in [-0.05, 0) is 78.1 Å². The molecule has 2 aliphatic rings. The summed E-state index contributed by atoms with van der Waals surface area (Å²) < 4.78 is 19.9. The summed E-state index contributed by atoms with van der Waals surface area (Å²) in [4.78, 5) is 99.4. The van der Waals surface area contributed by atoms with Crippen LogP contribution >= 0.6 is 23.2 Å². The van der Waals surface area contributed by atoms with E-state index in [-0.39, 0.29) is 80.3 Å².